The van der Waals surface area contributed by atoms with Gasteiger partial charge < -0.3 is 0 Å². The fourth-order valence-electron chi connectivity index (χ4n) is 5.54. The molecule has 3 nitrogen and oxygen atoms in total. The quantitative estimate of drug-likeness (QED) is 0.604. The summed E-state index contributed by atoms with van der Waals surface area (Å²) in [6.45, 7) is 4.55. The first-order chi connectivity index (χ1) is 6.88. The number of carbonyl (C=O) groups excluding carboxylic acids is 2. The summed E-state index contributed by atoms with van der Waals surface area (Å²) in [5.74, 6) is 0.0508. The van der Waals surface area contributed by atoms with Gasteiger partial charge in [0.05, 0.1) is 10.8 Å². The third kappa shape index (κ3) is 0.499. The topological polar surface area (TPSA) is 46.2 Å². The van der Waals surface area contributed by atoms with Gasteiger partial charge in [0, 0.05) is 0 Å². The largest absolute Gasteiger partial charge is 0.295 e. The molecule has 0 unspecified atom stereocenters. The Hall–Kier alpha value is -0.860. The predicted molar refractivity (Wildman–Crippen MR) is 52.7 cm³/mol. The molecule has 2 spiro atoms. The lowest BCUT2D eigenvalue weighted by Gasteiger charge is -2.33. The first-order valence-electron chi connectivity index (χ1n) is 5.74. The van der Waals surface area contributed by atoms with Crippen molar-refractivity contribution in [2.24, 2.45) is 21.7 Å². The maximum Gasteiger partial charge on any atom is 0.233 e. The molecule has 4 bridgehead atoms. The summed E-state index contributed by atoms with van der Waals surface area (Å²) in [5.41, 5.74) is -0.151. The average Bonchev–Trinajstić information content (AvgIpc) is 2.67. The average molecular weight is 205 g/mol. The first kappa shape index (κ1) is 8.31. The summed E-state index contributed by atoms with van der Waals surface area (Å²) < 4.78 is 0. The van der Waals surface area contributed by atoms with E-state index < -0.39 is 0 Å². The van der Waals surface area contributed by atoms with E-state index in [2.05, 4.69) is 19.2 Å². The number of hydrogen-bond donors (Lipinski definition) is 1. The molecule has 0 radical (unpaired) electrons. The van der Waals surface area contributed by atoms with E-state index in [0.717, 1.165) is 25.7 Å². The second-order valence-corrected chi connectivity index (χ2v) is 6.78. The number of hydrogen-bond acceptors (Lipinski definition) is 2. The van der Waals surface area contributed by atoms with Crippen LogP contribution in [0, 0.1) is 21.7 Å². The van der Waals surface area contributed by atoms with Crippen LogP contribution in [0.1, 0.15) is 39.5 Å². The number of rotatable bonds is 0. The van der Waals surface area contributed by atoms with Gasteiger partial charge in [0.1, 0.15) is 0 Å². The number of nitrogens with one attached hydrogen (secondary N) is 1. The van der Waals surface area contributed by atoms with Crippen LogP contribution in [0.4, 0.5) is 0 Å². The lowest BCUT2D eigenvalue weighted by atomic mass is 9.70. The Morgan fingerprint density at radius 1 is 0.867 bits per heavy atom. The zero-order valence-electron chi connectivity index (χ0n) is 9.14. The fraction of sp³-hybridized carbons (Fsp3) is 0.833. The second kappa shape index (κ2) is 1.66. The molecular formula is C12H15NO2. The molecular weight excluding hydrogens is 190 g/mol. The molecule has 15 heavy (non-hydrogen) atoms. The Kier molecular flexibility index (Phi) is 0.921. The van der Waals surface area contributed by atoms with E-state index in [-0.39, 0.29) is 33.5 Å². The van der Waals surface area contributed by atoms with Crippen LogP contribution in [0.15, 0.2) is 0 Å². The van der Waals surface area contributed by atoms with Crippen LogP contribution >= 0.6 is 0 Å². The Morgan fingerprint density at radius 2 is 1.20 bits per heavy atom. The number of imide groups is 1. The van der Waals surface area contributed by atoms with Gasteiger partial charge in [0.25, 0.3) is 0 Å². The van der Waals surface area contributed by atoms with Crippen molar-refractivity contribution >= 4 is 11.8 Å². The third-order valence-electron chi connectivity index (χ3n) is 6.24. The summed E-state index contributed by atoms with van der Waals surface area (Å²) in [6, 6.07) is 0. The molecule has 2 amide bonds. The first-order valence-corrected chi connectivity index (χ1v) is 5.74. The van der Waals surface area contributed by atoms with Crippen LogP contribution in [0.2, 0.25) is 0 Å². The Labute approximate surface area is 88.6 Å². The molecule has 80 valence electrons. The maximum absolute atomic E-state index is 12.0. The van der Waals surface area contributed by atoms with Crippen molar-refractivity contribution < 1.29 is 9.59 Å². The summed E-state index contributed by atoms with van der Waals surface area (Å²) in [5, 5.41) is 2.57. The molecule has 5 rings (SSSR count). The van der Waals surface area contributed by atoms with Gasteiger partial charge in [0.15, 0.2) is 0 Å². The molecule has 0 aromatic rings. The SMILES string of the molecule is CC12CC34CC1(C)CC3(C2)C(=O)NC4=O. The highest BCUT2D eigenvalue weighted by Crippen LogP contribution is 2.87. The van der Waals surface area contributed by atoms with Gasteiger partial charge in [-0.25, -0.2) is 0 Å². The Balaban J connectivity index is 2.05. The molecule has 0 aromatic carbocycles. The van der Waals surface area contributed by atoms with E-state index in [1.54, 1.807) is 0 Å². The van der Waals surface area contributed by atoms with Gasteiger partial charge in [-0.3, -0.25) is 14.9 Å². The lowest BCUT2D eigenvalue weighted by Crippen LogP contribution is -2.35. The second-order valence-electron chi connectivity index (χ2n) is 6.78. The van der Waals surface area contributed by atoms with Crippen LogP contribution in [0.5, 0.6) is 0 Å². The highest BCUT2D eigenvalue weighted by atomic mass is 16.2. The van der Waals surface area contributed by atoms with E-state index in [4.69, 9.17) is 0 Å². The van der Waals surface area contributed by atoms with Crippen LogP contribution in [0.3, 0.4) is 0 Å². The monoisotopic (exact) mass is 205 g/mol. The van der Waals surface area contributed by atoms with Gasteiger partial charge in [-0.2, -0.15) is 0 Å². The Bertz CT molecular complexity index is 385. The minimum absolute atomic E-state index is 0.0254. The van der Waals surface area contributed by atoms with E-state index in [0.29, 0.717) is 0 Å². The zero-order chi connectivity index (χ0) is 10.7. The third-order valence-corrected chi connectivity index (χ3v) is 6.24. The molecule has 1 saturated heterocycles. The number of amides is 2. The van der Waals surface area contributed by atoms with Crippen LogP contribution < -0.4 is 5.32 Å². The summed E-state index contributed by atoms with van der Waals surface area (Å²) in [6.07, 6.45) is 3.75. The van der Waals surface area contributed by atoms with Crippen molar-refractivity contribution in [3.63, 3.8) is 0 Å². The van der Waals surface area contributed by atoms with Crippen molar-refractivity contribution in [3.05, 3.63) is 0 Å². The van der Waals surface area contributed by atoms with Crippen LogP contribution in [-0.2, 0) is 9.59 Å². The molecule has 1 heterocycles. The molecule has 5 aliphatic rings. The van der Waals surface area contributed by atoms with Crippen LogP contribution in [0.25, 0.3) is 0 Å². The van der Waals surface area contributed by atoms with Crippen molar-refractivity contribution in [2.45, 2.75) is 39.5 Å². The highest BCUT2D eigenvalue weighted by Gasteiger charge is 2.87. The molecule has 0 aromatic heterocycles. The zero-order valence-corrected chi connectivity index (χ0v) is 9.14. The van der Waals surface area contributed by atoms with Gasteiger partial charge >= 0.3 is 0 Å². The molecule has 3 heteroatoms. The number of carbonyl (C=O) groups is 2. The summed E-state index contributed by atoms with van der Waals surface area (Å²) in [4.78, 5) is 24.1. The Morgan fingerprint density at radius 3 is 1.53 bits per heavy atom. The molecule has 4 aliphatic carbocycles. The minimum Gasteiger partial charge on any atom is -0.295 e. The lowest BCUT2D eigenvalue weighted by molar-refractivity contribution is -0.129. The van der Waals surface area contributed by atoms with E-state index >= 15 is 0 Å². The predicted octanol–water partition coefficient (Wildman–Crippen LogP) is 1.23. The van der Waals surface area contributed by atoms with Gasteiger partial charge in [-0.15, -0.1) is 0 Å². The molecule has 1 N–H and O–H groups in total. The van der Waals surface area contributed by atoms with E-state index in [1.165, 1.54) is 0 Å². The van der Waals surface area contributed by atoms with Gasteiger partial charge in [-0.05, 0) is 36.5 Å². The fourth-order valence-corrected chi connectivity index (χ4v) is 5.54. The molecule has 5 fully saturated rings. The molecule has 4 saturated carbocycles. The summed E-state index contributed by atoms with van der Waals surface area (Å²) in [7, 11) is 0. The van der Waals surface area contributed by atoms with Crippen molar-refractivity contribution in [1.29, 1.82) is 0 Å². The van der Waals surface area contributed by atoms with E-state index in [1.807, 2.05) is 0 Å². The van der Waals surface area contributed by atoms with Crippen LogP contribution in [-0.4, -0.2) is 11.8 Å². The van der Waals surface area contributed by atoms with Gasteiger partial charge in [-0.1, -0.05) is 13.8 Å². The van der Waals surface area contributed by atoms with Crippen molar-refractivity contribution in [2.75, 3.05) is 0 Å². The standard InChI is InChI=1S/C12H15NO2/c1-9-3-11-5-10(9,2)6-12(11,4-9)8(15)13-7(11)14/h3-6H2,1-2H3,(H,13,14,15). The summed E-state index contributed by atoms with van der Waals surface area (Å²) >= 11 is 0. The minimum atomic E-state index is -0.312. The highest BCUT2D eigenvalue weighted by molar-refractivity contribution is 6.11. The maximum atomic E-state index is 12.0. The molecule has 0 atom stereocenters. The van der Waals surface area contributed by atoms with Crippen molar-refractivity contribution in [1.82, 2.24) is 5.32 Å². The van der Waals surface area contributed by atoms with E-state index in [9.17, 15) is 9.59 Å². The molecule has 1 aliphatic heterocycles. The van der Waals surface area contributed by atoms with Crippen molar-refractivity contribution in [3.8, 4) is 0 Å². The normalized spacial score (nSPS) is 64.1. The van der Waals surface area contributed by atoms with Gasteiger partial charge in [0.2, 0.25) is 11.8 Å². The smallest absolute Gasteiger partial charge is 0.233 e.